The first-order valence-corrected chi connectivity index (χ1v) is 8.73. The molecule has 0 aromatic heterocycles. The fourth-order valence-corrected chi connectivity index (χ4v) is 3.30. The van der Waals surface area contributed by atoms with Crippen LogP contribution in [-0.2, 0) is 4.79 Å². The lowest BCUT2D eigenvalue weighted by atomic mass is 10.1. The van der Waals surface area contributed by atoms with Gasteiger partial charge in [0.25, 0.3) is 0 Å². The molecule has 24 heavy (non-hydrogen) atoms. The van der Waals surface area contributed by atoms with Gasteiger partial charge >= 0.3 is 0 Å². The van der Waals surface area contributed by atoms with Crippen LogP contribution in [0.1, 0.15) is 23.2 Å². The Kier molecular flexibility index (Phi) is 5.21. The van der Waals surface area contributed by atoms with Crippen molar-refractivity contribution in [2.75, 3.05) is 18.1 Å². The number of halogens is 2. The highest BCUT2D eigenvalue weighted by Gasteiger charge is 2.21. The smallest absolute Gasteiger partial charge is 0.227 e. The number of amides is 1. The summed E-state index contributed by atoms with van der Waals surface area (Å²) in [4.78, 5) is 25.7. The van der Waals surface area contributed by atoms with Crippen molar-refractivity contribution in [1.29, 1.82) is 0 Å². The second kappa shape index (κ2) is 7.36. The first kappa shape index (κ1) is 17.0. The number of Topliss-reactive ketones (excluding diaryl/α,β-unsaturated/α-hetero) is 1. The van der Waals surface area contributed by atoms with Gasteiger partial charge in [0.15, 0.2) is 12.4 Å². The van der Waals surface area contributed by atoms with Crippen molar-refractivity contribution < 1.29 is 14.3 Å². The van der Waals surface area contributed by atoms with Crippen LogP contribution in [0.2, 0.25) is 5.02 Å². The summed E-state index contributed by atoms with van der Waals surface area (Å²) in [5.41, 5.74) is 1.37. The van der Waals surface area contributed by atoms with E-state index < -0.39 is 0 Å². The van der Waals surface area contributed by atoms with E-state index in [4.69, 9.17) is 16.3 Å². The molecule has 4 nitrogen and oxygen atoms in total. The number of ether oxygens (including phenoxy) is 1. The molecule has 0 radical (unpaired) electrons. The van der Waals surface area contributed by atoms with Gasteiger partial charge in [0.1, 0.15) is 5.75 Å². The summed E-state index contributed by atoms with van der Waals surface area (Å²) in [6.45, 7) is 0.640. The Morgan fingerprint density at radius 3 is 2.58 bits per heavy atom. The summed E-state index contributed by atoms with van der Waals surface area (Å²) >= 11 is 9.38. The zero-order chi connectivity index (χ0) is 17.1. The number of carbonyl (C=O) groups excluding carboxylic acids is 2. The van der Waals surface area contributed by atoms with E-state index >= 15 is 0 Å². The fraction of sp³-hybridized carbons (Fsp3) is 0.222. The molecular formula is C18H15BrClNO3. The monoisotopic (exact) mass is 407 g/mol. The zero-order valence-corrected chi connectivity index (χ0v) is 15.1. The molecule has 0 aliphatic carbocycles. The van der Waals surface area contributed by atoms with Gasteiger partial charge in [-0.1, -0.05) is 27.5 Å². The molecule has 0 saturated carbocycles. The van der Waals surface area contributed by atoms with Crippen molar-refractivity contribution in [3.05, 3.63) is 57.5 Å². The van der Waals surface area contributed by atoms with Gasteiger partial charge in [-0.3, -0.25) is 9.59 Å². The maximum Gasteiger partial charge on any atom is 0.227 e. The van der Waals surface area contributed by atoms with Crippen LogP contribution >= 0.6 is 27.5 Å². The lowest BCUT2D eigenvalue weighted by molar-refractivity contribution is -0.117. The van der Waals surface area contributed by atoms with E-state index in [0.717, 1.165) is 23.1 Å². The molecule has 0 atom stereocenters. The summed E-state index contributed by atoms with van der Waals surface area (Å²) in [6, 6.07) is 12.2. The normalized spacial score (nSPS) is 14.1. The second-order valence-corrected chi connectivity index (χ2v) is 6.81. The highest BCUT2D eigenvalue weighted by Crippen LogP contribution is 2.28. The molecule has 3 rings (SSSR count). The van der Waals surface area contributed by atoms with Crippen LogP contribution < -0.4 is 9.64 Å². The average Bonchev–Trinajstić information content (AvgIpc) is 3.00. The van der Waals surface area contributed by atoms with Crippen LogP contribution in [0.4, 0.5) is 5.69 Å². The van der Waals surface area contributed by atoms with Gasteiger partial charge in [-0.25, -0.2) is 0 Å². The third-order valence-electron chi connectivity index (χ3n) is 3.83. The summed E-state index contributed by atoms with van der Waals surface area (Å²) in [7, 11) is 0. The first-order valence-electron chi connectivity index (χ1n) is 7.56. The zero-order valence-electron chi connectivity index (χ0n) is 12.8. The van der Waals surface area contributed by atoms with Crippen molar-refractivity contribution in [3.63, 3.8) is 0 Å². The molecule has 6 heteroatoms. The van der Waals surface area contributed by atoms with Gasteiger partial charge in [0, 0.05) is 28.7 Å². The SMILES string of the molecule is O=C(COc1ccc(Br)cc1Cl)c1ccc(N2CCCC2=O)cc1. The predicted octanol–water partition coefficient (Wildman–Crippen LogP) is 4.49. The van der Waals surface area contributed by atoms with Crippen molar-refractivity contribution in [3.8, 4) is 5.75 Å². The van der Waals surface area contributed by atoms with E-state index in [2.05, 4.69) is 15.9 Å². The molecule has 1 fully saturated rings. The number of carbonyl (C=O) groups is 2. The summed E-state index contributed by atoms with van der Waals surface area (Å²) < 4.78 is 6.33. The molecule has 0 bridgehead atoms. The van der Waals surface area contributed by atoms with E-state index in [1.807, 2.05) is 0 Å². The Hall–Kier alpha value is -1.85. The minimum Gasteiger partial charge on any atom is -0.484 e. The first-order chi connectivity index (χ1) is 11.5. The predicted molar refractivity (Wildman–Crippen MR) is 97.0 cm³/mol. The average molecular weight is 409 g/mol. The molecule has 124 valence electrons. The number of hydrogen-bond acceptors (Lipinski definition) is 3. The molecule has 0 spiro atoms. The van der Waals surface area contributed by atoms with E-state index in [1.54, 1.807) is 47.4 Å². The van der Waals surface area contributed by atoms with Crippen LogP contribution in [0.5, 0.6) is 5.75 Å². The molecule has 0 unspecified atom stereocenters. The Bertz CT molecular complexity index is 776. The summed E-state index contributed by atoms with van der Waals surface area (Å²) in [5, 5.41) is 0.445. The molecule has 2 aromatic rings. The van der Waals surface area contributed by atoms with Crippen molar-refractivity contribution in [2.45, 2.75) is 12.8 Å². The third-order valence-corrected chi connectivity index (χ3v) is 4.62. The Morgan fingerprint density at radius 1 is 1.21 bits per heavy atom. The van der Waals surface area contributed by atoms with E-state index in [9.17, 15) is 9.59 Å². The molecule has 1 heterocycles. The van der Waals surface area contributed by atoms with Crippen LogP contribution in [0.25, 0.3) is 0 Å². The standard InChI is InChI=1S/C18H15BrClNO3/c19-13-5-8-17(15(20)10-13)24-11-16(22)12-3-6-14(7-4-12)21-9-1-2-18(21)23/h3-8,10H,1-2,9,11H2. The lowest BCUT2D eigenvalue weighted by Crippen LogP contribution is -2.23. The van der Waals surface area contributed by atoms with Crippen molar-refractivity contribution in [2.24, 2.45) is 0 Å². The second-order valence-electron chi connectivity index (χ2n) is 5.48. The number of rotatable bonds is 5. The molecule has 0 N–H and O–H groups in total. The molecule has 2 aromatic carbocycles. The maximum absolute atomic E-state index is 12.2. The number of hydrogen-bond donors (Lipinski definition) is 0. The van der Waals surface area contributed by atoms with Gasteiger partial charge in [-0.05, 0) is 48.9 Å². The summed E-state index contributed by atoms with van der Waals surface area (Å²) in [6.07, 6.45) is 1.46. The van der Waals surface area contributed by atoms with Gasteiger partial charge in [-0.15, -0.1) is 0 Å². The van der Waals surface area contributed by atoms with Crippen LogP contribution in [0.3, 0.4) is 0 Å². The Labute approximate surface area is 153 Å². The quantitative estimate of drug-likeness (QED) is 0.685. The molecule has 1 saturated heterocycles. The van der Waals surface area contributed by atoms with Crippen molar-refractivity contribution >= 4 is 44.9 Å². The Morgan fingerprint density at radius 2 is 1.96 bits per heavy atom. The van der Waals surface area contributed by atoms with Gasteiger partial charge in [-0.2, -0.15) is 0 Å². The number of nitrogens with zero attached hydrogens (tertiary/aromatic N) is 1. The minimum absolute atomic E-state index is 0.0939. The van der Waals surface area contributed by atoms with Crippen LogP contribution in [-0.4, -0.2) is 24.8 Å². The van der Waals surface area contributed by atoms with Gasteiger partial charge in [0.2, 0.25) is 5.91 Å². The molecule has 1 aliphatic heterocycles. The van der Waals surface area contributed by atoms with E-state index in [0.29, 0.717) is 22.8 Å². The van der Waals surface area contributed by atoms with Gasteiger partial charge < -0.3 is 9.64 Å². The van der Waals surface area contributed by atoms with Crippen LogP contribution in [0, 0.1) is 0 Å². The van der Waals surface area contributed by atoms with Crippen molar-refractivity contribution in [1.82, 2.24) is 0 Å². The maximum atomic E-state index is 12.2. The highest BCUT2D eigenvalue weighted by atomic mass is 79.9. The molecule has 1 amide bonds. The highest BCUT2D eigenvalue weighted by molar-refractivity contribution is 9.10. The number of ketones is 1. The fourth-order valence-electron chi connectivity index (χ4n) is 2.57. The number of anilines is 1. The van der Waals surface area contributed by atoms with Crippen LogP contribution in [0.15, 0.2) is 46.9 Å². The lowest BCUT2D eigenvalue weighted by Gasteiger charge is -2.15. The Balaban J connectivity index is 1.63. The largest absolute Gasteiger partial charge is 0.484 e. The molecule has 1 aliphatic rings. The van der Waals surface area contributed by atoms with E-state index in [1.165, 1.54) is 0 Å². The number of benzene rings is 2. The van der Waals surface area contributed by atoms with Gasteiger partial charge in [0.05, 0.1) is 5.02 Å². The molecular weight excluding hydrogens is 394 g/mol. The third kappa shape index (κ3) is 3.79. The topological polar surface area (TPSA) is 46.6 Å². The minimum atomic E-state index is -0.145. The summed E-state index contributed by atoms with van der Waals surface area (Å²) in [5.74, 6) is 0.447. The van der Waals surface area contributed by atoms with E-state index in [-0.39, 0.29) is 18.3 Å².